The van der Waals surface area contributed by atoms with Crippen LogP contribution in [0.2, 0.25) is 0 Å². The van der Waals surface area contributed by atoms with Gasteiger partial charge in [0, 0.05) is 12.6 Å². The molecule has 19 heavy (non-hydrogen) atoms. The molecular formula is C16H25N2O+. The van der Waals surface area contributed by atoms with Crippen LogP contribution in [0.3, 0.4) is 0 Å². The molecular weight excluding hydrogens is 236 g/mol. The first-order chi connectivity index (χ1) is 9.11. The van der Waals surface area contributed by atoms with Crippen molar-refractivity contribution in [3.8, 4) is 0 Å². The number of nitrogens with one attached hydrogen (secondary N) is 1. The summed E-state index contributed by atoms with van der Waals surface area (Å²) in [5, 5.41) is 4.83. The van der Waals surface area contributed by atoms with Gasteiger partial charge in [0.05, 0.1) is 0 Å². The van der Waals surface area contributed by atoms with Crippen LogP contribution in [-0.2, 0) is 17.6 Å². The summed E-state index contributed by atoms with van der Waals surface area (Å²) < 4.78 is 0. The van der Waals surface area contributed by atoms with Gasteiger partial charge >= 0.3 is 0 Å². The number of benzene rings is 1. The van der Waals surface area contributed by atoms with Crippen LogP contribution in [0.15, 0.2) is 18.2 Å². The molecule has 0 saturated carbocycles. The van der Waals surface area contributed by atoms with E-state index in [1.54, 1.807) is 7.05 Å². The minimum atomic E-state index is -0.0453. The first kappa shape index (κ1) is 14.1. The van der Waals surface area contributed by atoms with Gasteiger partial charge in [-0.05, 0) is 56.7 Å². The van der Waals surface area contributed by atoms with Crippen LogP contribution in [0.25, 0.3) is 0 Å². The van der Waals surface area contributed by atoms with E-state index >= 15 is 0 Å². The number of fused-ring (bicyclic) bond motifs is 1. The van der Waals surface area contributed by atoms with Crippen LogP contribution >= 0.6 is 0 Å². The Labute approximate surface area is 115 Å². The zero-order valence-electron chi connectivity index (χ0n) is 12.2. The summed E-state index contributed by atoms with van der Waals surface area (Å²) in [7, 11) is 1.69. The quantitative estimate of drug-likeness (QED) is 0.844. The molecule has 0 saturated heterocycles. The highest BCUT2D eigenvalue weighted by atomic mass is 16.2. The maximum atomic E-state index is 11.6. The average Bonchev–Trinajstić information content (AvgIpc) is 2.45. The minimum Gasteiger partial charge on any atom is -0.354 e. The third-order valence-corrected chi connectivity index (χ3v) is 4.14. The Kier molecular flexibility index (Phi) is 4.59. The van der Waals surface area contributed by atoms with Gasteiger partial charge in [0.2, 0.25) is 0 Å². The van der Waals surface area contributed by atoms with Crippen LogP contribution in [0.4, 0.5) is 0 Å². The summed E-state index contributed by atoms with van der Waals surface area (Å²) in [4.78, 5) is 11.6. The molecule has 104 valence electrons. The Hall–Kier alpha value is -1.35. The number of rotatable bonds is 4. The molecule has 0 fully saturated rings. The van der Waals surface area contributed by atoms with E-state index in [4.69, 9.17) is 0 Å². The molecule has 2 atom stereocenters. The first-order valence-corrected chi connectivity index (χ1v) is 7.30. The number of carbonyl (C=O) groups is 1. The lowest BCUT2D eigenvalue weighted by Gasteiger charge is -2.20. The Morgan fingerprint density at radius 3 is 2.58 bits per heavy atom. The fourth-order valence-corrected chi connectivity index (χ4v) is 2.90. The monoisotopic (exact) mass is 261 g/mol. The predicted molar refractivity (Wildman–Crippen MR) is 77.0 cm³/mol. The molecule has 0 radical (unpaired) electrons. The molecule has 0 heterocycles. The van der Waals surface area contributed by atoms with E-state index in [9.17, 15) is 4.79 Å². The lowest BCUT2D eigenvalue weighted by Crippen LogP contribution is -2.92. The Morgan fingerprint density at radius 2 is 1.89 bits per heavy atom. The number of likely N-dealkylation sites (N-methyl/N-ethyl adjacent to an activating group) is 1. The van der Waals surface area contributed by atoms with Crippen LogP contribution in [0.5, 0.6) is 0 Å². The molecule has 0 bridgehead atoms. The number of carbonyl (C=O) groups excluding carboxylic acids is 1. The summed E-state index contributed by atoms with van der Waals surface area (Å²) in [5.74, 6) is 0.0878. The molecule has 3 heteroatoms. The Balaban J connectivity index is 2.07. The van der Waals surface area contributed by atoms with Crippen molar-refractivity contribution < 1.29 is 10.1 Å². The lowest BCUT2D eigenvalue weighted by molar-refractivity contribution is -0.710. The number of hydrogen-bond acceptors (Lipinski definition) is 1. The van der Waals surface area contributed by atoms with E-state index in [1.165, 1.54) is 42.4 Å². The highest BCUT2D eigenvalue weighted by Gasteiger charge is 2.20. The summed E-state index contributed by atoms with van der Waals surface area (Å²) >= 11 is 0. The standard InChI is InChI=1S/C16H24N2O/c1-11(18-12(2)16(19)17-3)14-9-8-13-6-4-5-7-15(13)10-14/h8-12,18H,4-7H2,1-3H3,(H,17,19)/p+1/t11-,12+/m0/s1. The van der Waals surface area contributed by atoms with Crippen LogP contribution < -0.4 is 10.6 Å². The highest BCUT2D eigenvalue weighted by Crippen LogP contribution is 2.23. The number of aryl methyl sites for hydroxylation is 2. The summed E-state index contributed by atoms with van der Waals surface area (Å²) in [6.45, 7) is 4.12. The van der Waals surface area contributed by atoms with Gasteiger partial charge < -0.3 is 10.6 Å². The Morgan fingerprint density at radius 1 is 1.21 bits per heavy atom. The number of amides is 1. The maximum absolute atomic E-state index is 11.6. The first-order valence-electron chi connectivity index (χ1n) is 7.30. The van der Waals surface area contributed by atoms with E-state index in [1.807, 2.05) is 6.92 Å². The van der Waals surface area contributed by atoms with Gasteiger partial charge in [-0.25, -0.2) is 0 Å². The zero-order valence-corrected chi connectivity index (χ0v) is 12.2. The van der Waals surface area contributed by atoms with E-state index in [2.05, 4.69) is 35.8 Å². The lowest BCUT2D eigenvalue weighted by atomic mass is 9.89. The van der Waals surface area contributed by atoms with E-state index < -0.39 is 0 Å². The van der Waals surface area contributed by atoms with Gasteiger partial charge in [0.25, 0.3) is 5.91 Å². The number of hydrogen-bond donors (Lipinski definition) is 2. The molecule has 0 aromatic heterocycles. The van der Waals surface area contributed by atoms with Crippen molar-refractivity contribution in [2.24, 2.45) is 0 Å². The third kappa shape index (κ3) is 3.35. The molecule has 1 aromatic rings. The molecule has 3 N–H and O–H groups in total. The number of quaternary nitrogens is 1. The van der Waals surface area contributed by atoms with Crippen LogP contribution in [-0.4, -0.2) is 19.0 Å². The fraction of sp³-hybridized carbons (Fsp3) is 0.562. The zero-order chi connectivity index (χ0) is 13.8. The largest absolute Gasteiger partial charge is 0.354 e. The molecule has 1 aliphatic rings. The second-order valence-electron chi connectivity index (χ2n) is 5.62. The van der Waals surface area contributed by atoms with Gasteiger partial charge in [0.1, 0.15) is 6.04 Å². The summed E-state index contributed by atoms with van der Waals surface area (Å²) in [6, 6.07) is 7.11. The van der Waals surface area contributed by atoms with Crippen molar-refractivity contribution in [2.45, 2.75) is 51.6 Å². The second kappa shape index (κ2) is 6.20. The normalized spacial score (nSPS) is 17.4. The number of nitrogens with two attached hydrogens (primary N) is 1. The predicted octanol–water partition coefficient (Wildman–Crippen LogP) is 1.32. The van der Waals surface area contributed by atoms with Crippen molar-refractivity contribution >= 4 is 5.91 Å². The van der Waals surface area contributed by atoms with Crippen molar-refractivity contribution in [1.82, 2.24) is 5.32 Å². The second-order valence-corrected chi connectivity index (χ2v) is 5.62. The summed E-state index contributed by atoms with van der Waals surface area (Å²) in [6.07, 6.45) is 5.06. The smallest absolute Gasteiger partial charge is 0.277 e. The van der Waals surface area contributed by atoms with Gasteiger partial charge in [-0.15, -0.1) is 0 Å². The molecule has 1 aromatic carbocycles. The molecule has 2 rings (SSSR count). The molecule has 1 aliphatic carbocycles. The highest BCUT2D eigenvalue weighted by molar-refractivity contribution is 5.79. The topological polar surface area (TPSA) is 45.7 Å². The van der Waals surface area contributed by atoms with Gasteiger partial charge in [-0.3, -0.25) is 4.79 Å². The van der Waals surface area contributed by atoms with Crippen molar-refractivity contribution in [1.29, 1.82) is 0 Å². The van der Waals surface area contributed by atoms with E-state index in [0.717, 1.165) is 0 Å². The van der Waals surface area contributed by atoms with E-state index in [0.29, 0.717) is 6.04 Å². The minimum absolute atomic E-state index is 0.0453. The van der Waals surface area contributed by atoms with Crippen molar-refractivity contribution in [2.75, 3.05) is 7.05 Å². The van der Waals surface area contributed by atoms with Crippen LogP contribution in [0.1, 0.15) is 49.4 Å². The average molecular weight is 261 g/mol. The van der Waals surface area contributed by atoms with Gasteiger partial charge in [-0.1, -0.05) is 12.1 Å². The van der Waals surface area contributed by atoms with Crippen LogP contribution in [0, 0.1) is 0 Å². The molecule has 0 spiro atoms. The maximum Gasteiger partial charge on any atom is 0.277 e. The summed E-state index contributed by atoms with van der Waals surface area (Å²) in [5.41, 5.74) is 4.36. The molecule has 0 unspecified atom stereocenters. The van der Waals surface area contributed by atoms with Crippen molar-refractivity contribution in [3.63, 3.8) is 0 Å². The Bertz CT molecular complexity index is 456. The fourth-order valence-electron chi connectivity index (χ4n) is 2.90. The van der Waals surface area contributed by atoms with Gasteiger partial charge in [-0.2, -0.15) is 0 Å². The van der Waals surface area contributed by atoms with Gasteiger partial charge in [0.15, 0.2) is 6.04 Å². The van der Waals surface area contributed by atoms with Crippen molar-refractivity contribution in [3.05, 3.63) is 34.9 Å². The molecule has 1 amide bonds. The molecule has 3 nitrogen and oxygen atoms in total. The molecule has 0 aliphatic heterocycles. The third-order valence-electron chi connectivity index (χ3n) is 4.14. The van der Waals surface area contributed by atoms with E-state index in [-0.39, 0.29) is 11.9 Å². The SMILES string of the molecule is CNC(=O)[C@@H](C)[NH2+][C@@H](C)c1ccc2c(c1)CCCC2.